The summed E-state index contributed by atoms with van der Waals surface area (Å²) in [6, 6.07) is 37.3. The van der Waals surface area contributed by atoms with Crippen LogP contribution in [0.5, 0.6) is 0 Å². The van der Waals surface area contributed by atoms with Gasteiger partial charge in [0.1, 0.15) is 17.7 Å². The van der Waals surface area contributed by atoms with Crippen LogP contribution >= 0.6 is 0 Å². The molecule has 0 bridgehead atoms. The van der Waals surface area contributed by atoms with Crippen LogP contribution in [0, 0.1) is 11.8 Å². The number of nitrogens with zero attached hydrogens (tertiary/aromatic N) is 7. The molecule has 0 aliphatic heterocycles. The van der Waals surface area contributed by atoms with Gasteiger partial charge in [-0.2, -0.15) is 9.97 Å². The molecule has 8 aromatic rings. The van der Waals surface area contributed by atoms with Gasteiger partial charge in [-0.1, -0.05) is 115 Å². The molecule has 4 aromatic carbocycles. The van der Waals surface area contributed by atoms with Gasteiger partial charge in [0.05, 0.1) is 16.6 Å². The van der Waals surface area contributed by atoms with E-state index in [-0.39, 0.29) is 5.92 Å². The monoisotopic (exact) mass is 685 g/mol. The van der Waals surface area contributed by atoms with E-state index < -0.39 is 5.41 Å². The van der Waals surface area contributed by atoms with Gasteiger partial charge in [0.2, 0.25) is 5.95 Å². The molecule has 4 aliphatic carbocycles. The molecule has 0 radical (unpaired) electrons. The second-order valence-corrected chi connectivity index (χ2v) is 14.7. The highest BCUT2D eigenvalue weighted by Crippen LogP contribution is 2.72. The highest BCUT2D eigenvalue weighted by atomic mass is 16.3. The van der Waals surface area contributed by atoms with Gasteiger partial charge < -0.3 is 4.42 Å². The van der Waals surface area contributed by atoms with Gasteiger partial charge in [0, 0.05) is 38.9 Å². The van der Waals surface area contributed by atoms with Crippen molar-refractivity contribution in [2.45, 2.75) is 30.6 Å². The highest BCUT2D eigenvalue weighted by Gasteiger charge is 2.66. The van der Waals surface area contributed by atoms with Gasteiger partial charge in [-0.3, -0.25) is 4.57 Å². The largest absolute Gasteiger partial charge is 0.454 e. The zero-order valence-electron chi connectivity index (χ0n) is 28.6. The lowest BCUT2D eigenvalue weighted by Crippen LogP contribution is -2.21. The van der Waals surface area contributed by atoms with Crippen LogP contribution in [0.25, 0.3) is 67.6 Å². The Morgan fingerprint density at radius 3 is 2.28 bits per heavy atom. The van der Waals surface area contributed by atoms with Gasteiger partial charge >= 0.3 is 0 Å². The number of hydrogen-bond acceptors (Lipinski definition) is 7. The third kappa shape index (κ3) is 4.23. The molecule has 0 amide bonds. The van der Waals surface area contributed by atoms with Crippen LogP contribution in [0.2, 0.25) is 0 Å². The van der Waals surface area contributed by atoms with Gasteiger partial charge in [0.25, 0.3) is 0 Å². The molecule has 8 nitrogen and oxygen atoms in total. The van der Waals surface area contributed by atoms with Crippen LogP contribution in [0.3, 0.4) is 0 Å². The smallest absolute Gasteiger partial charge is 0.238 e. The Hall–Kier alpha value is -6.54. The third-order valence-corrected chi connectivity index (χ3v) is 11.7. The molecular formula is C45H31N7O. The van der Waals surface area contributed by atoms with E-state index in [4.69, 9.17) is 29.3 Å². The summed E-state index contributed by atoms with van der Waals surface area (Å²) >= 11 is 0. The second-order valence-electron chi connectivity index (χ2n) is 14.7. The summed E-state index contributed by atoms with van der Waals surface area (Å²) in [6.07, 6.45) is 11.4. The summed E-state index contributed by atoms with van der Waals surface area (Å²) in [4.78, 5) is 30.6. The first-order valence-corrected chi connectivity index (χ1v) is 18.3. The van der Waals surface area contributed by atoms with Crippen LogP contribution < -0.4 is 0 Å². The highest BCUT2D eigenvalue weighted by molar-refractivity contribution is 6.01. The van der Waals surface area contributed by atoms with Crippen LogP contribution in [0.4, 0.5) is 0 Å². The Morgan fingerprint density at radius 2 is 1.43 bits per heavy atom. The number of benzene rings is 4. The molecule has 12 rings (SSSR count). The molecule has 4 unspecified atom stereocenters. The Bertz CT molecular complexity index is 2850. The minimum atomic E-state index is -0.500. The molecule has 4 aromatic heterocycles. The predicted octanol–water partition coefficient (Wildman–Crippen LogP) is 9.51. The molecule has 4 atom stereocenters. The summed E-state index contributed by atoms with van der Waals surface area (Å²) in [7, 11) is 0. The summed E-state index contributed by atoms with van der Waals surface area (Å²) in [5.74, 6) is 5.61. The van der Waals surface area contributed by atoms with Crippen molar-refractivity contribution < 1.29 is 4.42 Å². The van der Waals surface area contributed by atoms with Gasteiger partial charge in [-0.05, 0) is 48.8 Å². The Balaban J connectivity index is 1.16. The normalized spacial score (nSPS) is 22.0. The number of aromatic nitrogens is 7. The molecule has 53 heavy (non-hydrogen) atoms. The summed E-state index contributed by atoms with van der Waals surface area (Å²) < 4.78 is 9.13. The number of rotatable bonds is 5. The number of fused-ring (bicyclic) bond motifs is 11. The summed E-state index contributed by atoms with van der Waals surface area (Å²) in [5.41, 5.74) is 7.69. The first kappa shape index (κ1) is 29.1. The number of allylic oxidation sites excluding steroid dienone is 4. The first-order valence-electron chi connectivity index (χ1n) is 18.3. The lowest BCUT2D eigenvalue weighted by Gasteiger charge is -2.23. The zero-order chi connectivity index (χ0) is 34.7. The summed E-state index contributed by atoms with van der Waals surface area (Å²) in [6.45, 7) is 0. The van der Waals surface area contributed by atoms with Crippen LogP contribution in [0.15, 0.2) is 138 Å². The Kier molecular flexibility index (Phi) is 5.89. The second kappa shape index (κ2) is 10.7. The maximum absolute atomic E-state index is 6.91. The minimum absolute atomic E-state index is 0.127. The average Bonchev–Trinajstić information content (AvgIpc) is 4.09. The Morgan fingerprint density at radius 1 is 0.698 bits per heavy atom. The molecule has 8 heteroatoms. The molecule has 0 spiro atoms. The van der Waals surface area contributed by atoms with E-state index in [0.29, 0.717) is 35.3 Å². The van der Waals surface area contributed by atoms with E-state index >= 15 is 0 Å². The average molecular weight is 686 g/mol. The van der Waals surface area contributed by atoms with Crippen LogP contribution in [-0.2, 0) is 5.41 Å². The molecule has 2 fully saturated rings. The fourth-order valence-electron chi connectivity index (χ4n) is 9.08. The topological polar surface area (TPSA) is 95.4 Å². The van der Waals surface area contributed by atoms with Gasteiger partial charge in [-0.25, -0.2) is 19.9 Å². The lowest BCUT2D eigenvalue weighted by molar-refractivity contribution is 0.607. The lowest BCUT2D eigenvalue weighted by atomic mass is 9.81. The predicted molar refractivity (Wildman–Crippen MR) is 204 cm³/mol. The van der Waals surface area contributed by atoms with Crippen LogP contribution in [-0.4, -0.2) is 34.5 Å². The maximum Gasteiger partial charge on any atom is 0.238 e. The fraction of sp³-hybridized carbons (Fsp3) is 0.156. The number of hydrogen-bond donors (Lipinski definition) is 0. The molecular weight excluding hydrogens is 655 g/mol. The molecule has 252 valence electrons. The SMILES string of the molecule is C1=CC2CC2CC(c2nc(-c3ccccc3)nc(-n3c4c(c5ccccc53)C3(c5ncnc(-c6ccccc6)n5)CC3c3c-4oc4ccccc34)n2)=C1. The standard InChI is InChI=1S/C45H31N7O/c1-3-12-26(13-4-1)40-46-25-47-43(49-40)45-24-33(45)36-32-19-8-10-21-35(32)53-39(36)38-37(45)31-18-7-9-20-34(31)52(38)44-50-41(27-14-5-2-6-15-27)48-42(51-44)29-17-11-16-28-22-30(28)23-29/h1-21,25,28,30,33H,22-24H2. The minimum Gasteiger partial charge on any atom is -0.454 e. The van der Waals surface area contributed by atoms with Crippen molar-refractivity contribution in [2.24, 2.45) is 11.8 Å². The fourth-order valence-corrected chi connectivity index (χ4v) is 9.08. The van der Waals surface area contributed by atoms with E-state index in [1.807, 2.05) is 54.6 Å². The van der Waals surface area contributed by atoms with E-state index in [2.05, 4.69) is 82.4 Å². The van der Waals surface area contributed by atoms with Crippen molar-refractivity contribution in [3.63, 3.8) is 0 Å². The Labute approximate surface area is 304 Å². The van der Waals surface area contributed by atoms with Crippen LogP contribution in [0.1, 0.15) is 48.0 Å². The van der Waals surface area contributed by atoms with Gasteiger partial charge in [-0.15, -0.1) is 0 Å². The van der Waals surface area contributed by atoms with E-state index in [9.17, 15) is 0 Å². The summed E-state index contributed by atoms with van der Waals surface area (Å²) in [5, 5.41) is 2.23. The van der Waals surface area contributed by atoms with E-state index in [1.165, 1.54) is 12.0 Å². The third-order valence-electron chi connectivity index (χ3n) is 11.7. The van der Waals surface area contributed by atoms with E-state index in [1.54, 1.807) is 6.33 Å². The van der Waals surface area contributed by atoms with Crippen molar-refractivity contribution in [1.29, 1.82) is 0 Å². The molecule has 0 N–H and O–H groups in total. The zero-order valence-corrected chi connectivity index (χ0v) is 28.6. The van der Waals surface area contributed by atoms with Gasteiger partial charge in [0.15, 0.2) is 23.2 Å². The van der Waals surface area contributed by atoms with Crippen molar-refractivity contribution in [3.05, 3.63) is 157 Å². The maximum atomic E-state index is 6.91. The number of furan rings is 1. The molecule has 0 saturated heterocycles. The molecule has 4 heterocycles. The quantitative estimate of drug-likeness (QED) is 0.178. The van der Waals surface area contributed by atoms with Crippen molar-refractivity contribution >= 4 is 27.4 Å². The van der Waals surface area contributed by atoms with Crippen molar-refractivity contribution in [2.75, 3.05) is 0 Å². The molecule has 2 saturated carbocycles. The van der Waals surface area contributed by atoms with Crippen molar-refractivity contribution in [3.8, 4) is 40.2 Å². The van der Waals surface area contributed by atoms with Crippen molar-refractivity contribution in [1.82, 2.24) is 34.5 Å². The molecule has 4 aliphatic rings. The van der Waals surface area contributed by atoms with E-state index in [0.717, 1.165) is 74.3 Å². The first-order chi connectivity index (χ1) is 26.2. The number of para-hydroxylation sites is 2.